The lowest BCUT2D eigenvalue weighted by Gasteiger charge is -2.08. The number of methoxy groups -OCH3 is 2. The molecular weight excluding hydrogens is 248 g/mol. The van der Waals surface area contributed by atoms with Crippen LogP contribution in [0, 0.1) is 20.2 Å². The van der Waals surface area contributed by atoms with E-state index in [1.165, 1.54) is 0 Å². The minimum atomic E-state index is -0.994. The summed E-state index contributed by atoms with van der Waals surface area (Å²) in [5.41, 5.74) is -1.97. The molecule has 9 nitrogen and oxygen atoms in total. The molecule has 1 aromatic carbocycles. The maximum absolute atomic E-state index is 10.9. The Hall–Kier alpha value is -2.71. The fraction of sp³-hybridized carbons (Fsp3) is 0.222. The van der Waals surface area contributed by atoms with Crippen LogP contribution in [0.2, 0.25) is 0 Å². The van der Waals surface area contributed by atoms with E-state index >= 15 is 0 Å². The third-order valence-electron chi connectivity index (χ3n) is 2.14. The molecular formula is C9H8N2O7. The topological polar surface area (TPSA) is 122 Å². The van der Waals surface area contributed by atoms with Crippen LogP contribution >= 0.6 is 0 Å². The number of rotatable bonds is 5. The number of nitrogens with zero attached hydrogens (tertiary/aromatic N) is 2. The van der Waals surface area contributed by atoms with E-state index in [0.717, 1.165) is 20.3 Å². The summed E-state index contributed by atoms with van der Waals surface area (Å²) in [7, 11) is 2.18. The average molecular weight is 256 g/mol. The van der Waals surface area contributed by atoms with E-state index in [-0.39, 0.29) is 17.6 Å². The summed E-state index contributed by atoms with van der Waals surface area (Å²) in [4.78, 5) is 30.6. The van der Waals surface area contributed by atoms with Crippen LogP contribution in [-0.2, 0) is 0 Å². The highest BCUT2D eigenvalue weighted by Crippen LogP contribution is 2.45. The van der Waals surface area contributed by atoms with E-state index in [1.54, 1.807) is 0 Å². The summed E-state index contributed by atoms with van der Waals surface area (Å²) in [5.74, 6) is -0.850. The minimum absolute atomic E-state index is 0.202. The van der Waals surface area contributed by atoms with Crippen molar-refractivity contribution in [3.05, 3.63) is 31.9 Å². The van der Waals surface area contributed by atoms with Crippen LogP contribution in [0.4, 0.5) is 11.4 Å². The highest BCUT2D eigenvalue weighted by atomic mass is 16.6. The number of hydrogen-bond acceptors (Lipinski definition) is 7. The normalized spacial score (nSPS) is 9.67. The van der Waals surface area contributed by atoms with Gasteiger partial charge in [-0.2, -0.15) is 0 Å². The fourth-order valence-electron chi connectivity index (χ4n) is 1.44. The van der Waals surface area contributed by atoms with Crippen LogP contribution in [0.5, 0.6) is 11.5 Å². The minimum Gasteiger partial charge on any atom is -0.490 e. The summed E-state index contributed by atoms with van der Waals surface area (Å²) in [5, 5.41) is 21.7. The van der Waals surface area contributed by atoms with Gasteiger partial charge in [-0.05, 0) is 0 Å². The van der Waals surface area contributed by atoms with E-state index in [2.05, 4.69) is 9.47 Å². The molecule has 1 aromatic rings. The van der Waals surface area contributed by atoms with E-state index < -0.39 is 27.0 Å². The SMILES string of the molecule is COc1cc(C=O)c(OC)c([N+](=O)[O-])c1[N+](=O)[O-]. The van der Waals surface area contributed by atoms with Gasteiger partial charge in [-0.15, -0.1) is 0 Å². The number of hydrogen-bond donors (Lipinski definition) is 0. The lowest BCUT2D eigenvalue weighted by Crippen LogP contribution is -2.04. The summed E-state index contributed by atoms with van der Waals surface area (Å²) in [6, 6.07) is 1.01. The Morgan fingerprint density at radius 3 is 2.00 bits per heavy atom. The van der Waals surface area contributed by atoms with Crippen molar-refractivity contribution in [3.8, 4) is 11.5 Å². The average Bonchev–Trinajstić information content (AvgIpc) is 2.35. The van der Waals surface area contributed by atoms with Gasteiger partial charge in [0.15, 0.2) is 6.29 Å². The molecule has 1 rings (SSSR count). The van der Waals surface area contributed by atoms with Gasteiger partial charge in [0.2, 0.25) is 11.5 Å². The highest BCUT2D eigenvalue weighted by Gasteiger charge is 2.36. The molecule has 0 saturated heterocycles. The van der Waals surface area contributed by atoms with Gasteiger partial charge in [0.1, 0.15) is 0 Å². The van der Waals surface area contributed by atoms with Crippen LogP contribution in [0.25, 0.3) is 0 Å². The third kappa shape index (κ3) is 2.05. The van der Waals surface area contributed by atoms with Crippen LogP contribution < -0.4 is 9.47 Å². The van der Waals surface area contributed by atoms with Crippen molar-refractivity contribution in [2.75, 3.05) is 14.2 Å². The molecule has 0 unspecified atom stereocenters. The summed E-state index contributed by atoms with van der Waals surface area (Å²) in [6.07, 6.45) is 0.290. The molecule has 9 heteroatoms. The number of aldehydes is 1. The molecule has 0 N–H and O–H groups in total. The third-order valence-corrected chi connectivity index (χ3v) is 2.14. The zero-order valence-electron chi connectivity index (χ0n) is 9.41. The molecule has 0 saturated carbocycles. The van der Waals surface area contributed by atoms with Crippen molar-refractivity contribution in [1.82, 2.24) is 0 Å². The van der Waals surface area contributed by atoms with Crippen molar-refractivity contribution < 1.29 is 24.1 Å². The molecule has 0 heterocycles. The van der Waals surface area contributed by atoms with E-state index in [4.69, 9.17) is 0 Å². The van der Waals surface area contributed by atoms with Gasteiger partial charge in [-0.1, -0.05) is 0 Å². The van der Waals surface area contributed by atoms with Crippen molar-refractivity contribution in [2.45, 2.75) is 0 Å². The largest absolute Gasteiger partial charge is 0.490 e. The lowest BCUT2D eigenvalue weighted by atomic mass is 10.1. The molecule has 0 amide bonds. The molecule has 0 aliphatic rings. The summed E-state index contributed by atoms with van der Waals surface area (Å²) in [6.45, 7) is 0. The van der Waals surface area contributed by atoms with Gasteiger partial charge >= 0.3 is 11.4 Å². The Bertz CT molecular complexity index is 526. The smallest absolute Gasteiger partial charge is 0.392 e. The van der Waals surface area contributed by atoms with Crippen LogP contribution in [0.1, 0.15) is 10.4 Å². The first-order valence-electron chi connectivity index (χ1n) is 4.50. The van der Waals surface area contributed by atoms with Crippen LogP contribution in [0.3, 0.4) is 0 Å². The Morgan fingerprint density at radius 1 is 1.11 bits per heavy atom. The molecule has 0 aliphatic carbocycles. The van der Waals surface area contributed by atoms with Crippen molar-refractivity contribution in [2.24, 2.45) is 0 Å². The zero-order chi connectivity index (χ0) is 13.9. The molecule has 18 heavy (non-hydrogen) atoms. The van der Waals surface area contributed by atoms with Gasteiger partial charge in [0.25, 0.3) is 0 Å². The second-order valence-electron chi connectivity index (χ2n) is 3.03. The summed E-state index contributed by atoms with van der Waals surface area (Å²) < 4.78 is 9.36. The monoisotopic (exact) mass is 256 g/mol. The van der Waals surface area contributed by atoms with E-state index in [0.29, 0.717) is 0 Å². The number of carbonyl (C=O) groups excluding carboxylic acids is 1. The Balaban J connectivity index is 3.82. The highest BCUT2D eigenvalue weighted by molar-refractivity contribution is 5.87. The second-order valence-corrected chi connectivity index (χ2v) is 3.03. The van der Waals surface area contributed by atoms with E-state index in [9.17, 15) is 25.0 Å². The number of benzene rings is 1. The summed E-state index contributed by atoms with van der Waals surface area (Å²) >= 11 is 0. The molecule has 0 atom stereocenters. The van der Waals surface area contributed by atoms with E-state index in [1.807, 2.05) is 0 Å². The van der Waals surface area contributed by atoms with Crippen LogP contribution in [0.15, 0.2) is 6.07 Å². The fourth-order valence-corrected chi connectivity index (χ4v) is 1.44. The van der Waals surface area contributed by atoms with Crippen molar-refractivity contribution in [1.29, 1.82) is 0 Å². The van der Waals surface area contributed by atoms with Crippen LogP contribution in [-0.4, -0.2) is 30.4 Å². The number of carbonyl (C=O) groups is 1. The van der Waals surface area contributed by atoms with Gasteiger partial charge < -0.3 is 9.47 Å². The number of nitro groups is 2. The Labute approximate surface area is 100 Å². The molecule has 0 aromatic heterocycles. The molecule has 0 fully saturated rings. The Kier molecular flexibility index (Phi) is 3.77. The number of ether oxygens (including phenoxy) is 2. The first-order valence-corrected chi connectivity index (χ1v) is 4.50. The zero-order valence-corrected chi connectivity index (χ0v) is 9.41. The van der Waals surface area contributed by atoms with Gasteiger partial charge in [0.05, 0.1) is 29.6 Å². The molecule has 0 spiro atoms. The molecule has 96 valence electrons. The van der Waals surface area contributed by atoms with Gasteiger partial charge in [0, 0.05) is 6.07 Å². The lowest BCUT2D eigenvalue weighted by molar-refractivity contribution is -0.423. The first kappa shape index (κ1) is 13.4. The molecule has 0 bridgehead atoms. The second kappa shape index (κ2) is 5.08. The quantitative estimate of drug-likeness (QED) is 0.442. The van der Waals surface area contributed by atoms with Gasteiger partial charge in [-0.3, -0.25) is 25.0 Å². The first-order chi connectivity index (χ1) is 8.47. The van der Waals surface area contributed by atoms with Crippen molar-refractivity contribution in [3.63, 3.8) is 0 Å². The van der Waals surface area contributed by atoms with Crippen molar-refractivity contribution >= 4 is 17.7 Å². The number of nitro benzene ring substituents is 2. The van der Waals surface area contributed by atoms with Gasteiger partial charge in [-0.25, -0.2) is 0 Å². The maximum atomic E-state index is 10.9. The molecule has 0 radical (unpaired) electrons. The molecule has 0 aliphatic heterocycles. The standard InChI is InChI=1S/C9H8N2O7/c1-17-6-3-5(4-12)9(18-2)8(11(15)16)7(6)10(13)14/h3-4H,1-2H3. The predicted octanol–water partition coefficient (Wildman–Crippen LogP) is 1.33. The maximum Gasteiger partial charge on any atom is 0.392 e. The Morgan fingerprint density at radius 2 is 1.67 bits per heavy atom. The predicted molar refractivity (Wildman–Crippen MR) is 58.2 cm³/mol.